The minimum Gasteiger partial charge on any atom is -0.375 e. The summed E-state index contributed by atoms with van der Waals surface area (Å²) in [7, 11) is 1.81. The Morgan fingerprint density at radius 2 is 1.37 bits per heavy atom. The molecular formula is C15H13F2NO. The van der Waals surface area contributed by atoms with Crippen molar-refractivity contribution in [2.75, 3.05) is 11.9 Å². The molecule has 0 fully saturated rings. The van der Waals surface area contributed by atoms with Crippen LogP contribution in [0.5, 0.6) is 0 Å². The molecule has 0 saturated carbocycles. The average molecular weight is 261 g/mol. The molecule has 1 heterocycles. The van der Waals surface area contributed by atoms with E-state index < -0.39 is 12.0 Å². The Hall–Kier alpha value is -1.94. The van der Waals surface area contributed by atoms with Gasteiger partial charge >= 0.3 is 0 Å². The topological polar surface area (TPSA) is 23.5 Å². The average Bonchev–Trinajstić information content (AvgIpc) is 2.44. The molecule has 0 radical (unpaired) electrons. The van der Waals surface area contributed by atoms with Crippen molar-refractivity contribution in [3.8, 4) is 0 Å². The normalized spacial score (nSPS) is 16.2. The number of benzene rings is 2. The second-order valence-corrected chi connectivity index (χ2v) is 4.66. The summed E-state index contributed by atoms with van der Waals surface area (Å²) in [6.45, 7) is 0. The predicted molar refractivity (Wildman–Crippen MR) is 69.9 cm³/mol. The lowest BCUT2D eigenvalue weighted by atomic mass is 9.81. The third kappa shape index (κ3) is 1.50. The molecule has 0 saturated heterocycles. The van der Waals surface area contributed by atoms with Gasteiger partial charge in [0.1, 0.15) is 0 Å². The Bertz CT molecular complexity index is 580. The van der Waals surface area contributed by atoms with Gasteiger partial charge in [-0.2, -0.15) is 0 Å². The summed E-state index contributed by atoms with van der Waals surface area (Å²) in [4.78, 5) is 1.82. The van der Waals surface area contributed by atoms with Gasteiger partial charge in [0.2, 0.25) is 0 Å². The van der Waals surface area contributed by atoms with E-state index >= 15 is 0 Å². The Morgan fingerprint density at radius 3 is 1.79 bits per heavy atom. The molecule has 1 aliphatic heterocycles. The molecule has 98 valence electrons. The van der Waals surface area contributed by atoms with Gasteiger partial charge in [0, 0.05) is 29.5 Å². The maximum atomic E-state index is 13.5. The largest absolute Gasteiger partial charge is 0.375 e. The summed E-state index contributed by atoms with van der Waals surface area (Å²) in [6, 6.07) is 13.4. The lowest BCUT2D eigenvalue weighted by Gasteiger charge is -2.40. The maximum Gasteiger partial charge on any atom is 0.275 e. The van der Waals surface area contributed by atoms with Crippen molar-refractivity contribution >= 4 is 11.4 Å². The number of hydrogen-bond donors (Lipinski definition) is 1. The van der Waals surface area contributed by atoms with Crippen molar-refractivity contribution < 1.29 is 13.9 Å². The Labute approximate surface area is 109 Å². The zero-order valence-corrected chi connectivity index (χ0v) is 10.3. The summed E-state index contributed by atoms with van der Waals surface area (Å²) >= 11 is 0. The van der Waals surface area contributed by atoms with Gasteiger partial charge < -0.3 is 10.0 Å². The molecule has 1 N–H and O–H groups in total. The van der Waals surface area contributed by atoms with Crippen LogP contribution < -0.4 is 4.90 Å². The van der Waals surface area contributed by atoms with Crippen LogP contribution in [0, 0.1) is 0 Å². The highest BCUT2D eigenvalue weighted by molar-refractivity contribution is 5.76. The van der Waals surface area contributed by atoms with Crippen LogP contribution in [0.15, 0.2) is 48.5 Å². The molecule has 0 unspecified atom stereocenters. The van der Waals surface area contributed by atoms with Crippen LogP contribution in [0.25, 0.3) is 0 Å². The molecule has 0 spiro atoms. The number of hydrogen-bond acceptors (Lipinski definition) is 2. The van der Waals surface area contributed by atoms with Crippen LogP contribution in [0.4, 0.5) is 20.2 Å². The Kier molecular flexibility index (Phi) is 2.57. The summed E-state index contributed by atoms with van der Waals surface area (Å²) in [5.41, 5.74) is -0.565. The fourth-order valence-corrected chi connectivity index (χ4v) is 2.69. The fourth-order valence-electron chi connectivity index (χ4n) is 2.69. The standard InChI is InChI=1S/C15H13F2NO/c1-18-12-8-4-2-6-10(12)15(19,14(16)17)11-7-3-5-9-13(11)18/h2-9,14,19H,1H3. The monoisotopic (exact) mass is 261 g/mol. The van der Waals surface area contributed by atoms with E-state index in [4.69, 9.17) is 0 Å². The third-order valence-electron chi connectivity index (χ3n) is 3.67. The van der Waals surface area contributed by atoms with Gasteiger partial charge in [0.25, 0.3) is 6.43 Å². The Balaban J connectivity index is 2.36. The molecule has 1 aliphatic rings. The van der Waals surface area contributed by atoms with Gasteiger partial charge in [-0.1, -0.05) is 36.4 Å². The first-order valence-corrected chi connectivity index (χ1v) is 6.00. The molecule has 0 bridgehead atoms. The van der Waals surface area contributed by atoms with Gasteiger partial charge in [-0.3, -0.25) is 0 Å². The molecule has 3 rings (SSSR count). The summed E-state index contributed by atoms with van der Waals surface area (Å²) in [5.74, 6) is 0. The minimum atomic E-state index is -2.89. The third-order valence-corrected chi connectivity index (χ3v) is 3.67. The number of para-hydroxylation sites is 2. The quantitative estimate of drug-likeness (QED) is 0.851. The van der Waals surface area contributed by atoms with Crippen molar-refractivity contribution in [2.45, 2.75) is 12.0 Å². The smallest absolute Gasteiger partial charge is 0.275 e. The van der Waals surface area contributed by atoms with Crippen molar-refractivity contribution in [3.63, 3.8) is 0 Å². The molecule has 0 aliphatic carbocycles. The molecular weight excluding hydrogens is 248 g/mol. The molecule has 2 nitrogen and oxygen atoms in total. The maximum absolute atomic E-state index is 13.5. The second kappa shape index (κ2) is 4.03. The van der Waals surface area contributed by atoms with Crippen molar-refractivity contribution in [2.24, 2.45) is 0 Å². The number of aliphatic hydroxyl groups is 1. The number of nitrogens with zero attached hydrogens (tertiary/aromatic N) is 1. The van der Waals surface area contributed by atoms with Crippen LogP contribution in [-0.4, -0.2) is 18.6 Å². The zero-order valence-electron chi connectivity index (χ0n) is 10.3. The lowest BCUT2D eigenvalue weighted by Crippen LogP contribution is -2.41. The molecule has 0 amide bonds. The highest BCUT2D eigenvalue weighted by Crippen LogP contribution is 2.49. The SMILES string of the molecule is CN1c2ccccc2C(O)(C(F)F)c2ccccc21. The van der Waals surface area contributed by atoms with Crippen molar-refractivity contribution in [3.05, 3.63) is 59.7 Å². The number of anilines is 2. The molecule has 4 heteroatoms. The number of rotatable bonds is 1. The number of alkyl halides is 2. The second-order valence-electron chi connectivity index (χ2n) is 4.66. The summed E-state index contributed by atoms with van der Waals surface area (Å²) < 4.78 is 27.0. The molecule has 0 aromatic heterocycles. The van der Waals surface area contributed by atoms with E-state index in [0.29, 0.717) is 11.4 Å². The van der Waals surface area contributed by atoms with E-state index in [-0.39, 0.29) is 11.1 Å². The van der Waals surface area contributed by atoms with Crippen LogP contribution in [0.2, 0.25) is 0 Å². The van der Waals surface area contributed by atoms with Crippen molar-refractivity contribution in [1.82, 2.24) is 0 Å². The van der Waals surface area contributed by atoms with Gasteiger partial charge in [0.15, 0.2) is 5.60 Å². The highest BCUT2D eigenvalue weighted by atomic mass is 19.3. The summed E-state index contributed by atoms with van der Waals surface area (Å²) in [5, 5.41) is 10.6. The number of fused-ring (bicyclic) bond motifs is 2. The van der Waals surface area contributed by atoms with Crippen LogP contribution >= 0.6 is 0 Å². The molecule has 2 aromatic rings. The van der Waals surface area contributed by atoms with E-state index in [2.05, 4.69) is 0 Å². The highest BCUT2D eigenvalue weighted by Gasteiger charge is 2.47. The molecule has 2 aromatic carbocycles. The van der Waals surface area contributed by atoms with Crippen LogP contribution in [0.1, 0.15) is 11.1 Å². The molecule has 0 atom stereocenters. The van der Waals surface area contributed by atoms with E-state index in [1.807, 2.05) is 11.9 Å². The lowest BCUT2D eigenvalue weighted by molar-refractivity contribution is -0.0720. The number of halogens is 2. The molecule has 19 heavy (non-hydrogen) atoms. The Morgan fingerprint density at radius 1 is 0.947 bits per heavy atom. The van der Waals surface area contributed by atoms with Gasteiger partial charge in [-0.25, -0.2) is 8.78 Å². The van der Waals surface area contributed by atoms with E-state index in [0.717, 1.165) is 0 Å². The first-order chi connectivity index (χ1) is 9.06. The van der Waals surface area contributed by atoms with Gasteiger partial charge in [-0.05, 0) is 12.1 Å². The van der Waals surface area contributed by atoms with Crippen LogP contribution in [-0.2, 0) is 5.60 Å². The minimum absolute atomic E-state index is 0.242. The predicted octanol–water partition coefficient (Wildman–Crippen LogP) is 3.27. The van der Waals surface area contributed by atoms with E-state index in [9.17, 15) is 13.9 Å². The summed E-state index contributed by atoms with van der Waals surface area (Å²) in [6.07, 6.45) is -2.89. The first-order valence-electron chi connectivity index (χ1n) is 6.00. The van der Waals surface area contributed by atoms with Crippen LogP contribution in [0.3, 0.4) is 0 Å². The van der Waals surface area contributed by atoms with E-state index in [1.54, 1.807) is 48.5 Å². The van der Waals surface area contributed by atoms with E-state index in [1.165, 1.54) is 0 Å². The zero-order chi connectivity index (χ0) is 13.6. The van der Waals surface area contributed by atoms with Crippen molar-refractivity contribution in [1.29, 1.82) is 0 Å². The first kappa shape index (κ1) is 12.1. The fraction of sp³-hybridized carbons (Fsp3) is 0.200. The van der Waals surface area contributed by atoms with Gasteiger partial charge in [-0.15, -0.1) is 0 Å². The van der Waals surface area contributed by atoms with Gasteiger partial charge in [0.05, 0.1) is 0 Å².